The second-order valence-electron chi connectivity index (χ2n) is 6.01. The molecule has 0 bridgehead atoms. The van der Waals surface area contributed by atoms with Crippen LogP contribution in [0.15, 0.2) is 0 Å². The van der Waals surface area contributed by atoms with Gasteiger partial charge in [0, 0.05) is 12.5 Å². The Morgan fingerprint density at radius 2 is 1.89 bits per heavy atom. The summed E-state index contributed by atoms with van der Waals surface area (Å²) in [6, 6.07) is 0.963. The van der Waals surface area contributed by atoms with E-state index in [4.69, 9.17) is 4.12 Å². The molecule has 0 saturated carbocycles. The van der Waals surface area contributed by atoms with Crippen LogP contribution >= 0.6 is 0 Å². The first kappa shape index (κ1) is 17.8. The van der Waals surface area contributed by atoms with Crippen LogP contribution in [-0.2, 0) is 8.91 Å². The third-order valence-electron chi connectivity index (χ3n) is 2.84. The molecule has 0 fully saturated rings. The second kappa shape index (κ2) is 7.42. The minimum absolute atomic E-state index is 0.0929. The van der Waals surface area contributed by atoms with Gasteiger partial charge in [0.15, 0.2) is 8.32 Å². The van der Waals surface area contributed by atoms with E-state index >= 15 is 0 Å². The average Bonchev–Trinajstić information content (AvgIpc) is 2.19. The maximum atomic E-state index is 11.6. The Morgan fingerprint density at radius 3 is 2.33 bits per heavy atom. The molecule has 0 radical (unpaired) electrons. The number of carbonyl (C=O) groups excluding carboxylic acids is 1. The Balaban J connectivity index is 3.87. The van der Waals surface area contributed by atoms with E-state index in [-0.39, 0.29) is 11.8 Å². The van der Waals surface area contributed by atoms with Crippen LogP contribution in [0.1, 0.15) is 26.7 Å². The highest BCUT2D eigenvalue weighted by Crippen LogP contribution is 2.18. The fourth-order valence-corrected chi connectivity index (χ4v) is 8.66. The molecule has 0 saturated heterocycles. The summed E-state index contributed by atoms with van der Waals surface area (Å²) in [7, 11) is -4.21. The molecule has 2 N–H and O–H groups in total. The molecule has 108 valence electrons. The molecule has 0 aromatic carbocycles. The molecule has 1 atom stereocenters. The quantitative estimate of drug-likeness (QED) is 0.533. The van der Waals surface area contributed by atoms with E-state index in [2.05, 4.69) is 18.4 Å². The predicted molar refractivity (Wildman–Crippen MR) is 80.2 cm³/mol. The topological polar surface area (TPSA) is 58.6 Å². The summed E-state index contributed by atoms with van der Waals surface area (Å²) in [4.78, 5) is 21.3. The van der Waals surface area contributed by atoms with Gasteiger partial charge in [-0.1, -0.05) is 13.8 Å². The van der Waals surface area contributed by atoms with Crippen molar-refractivity contribution < 1.29 is 13.7 Å². The third kappa shape index (κ3) is 8.85. The minimum atomic E-state index is -2.42. The van der Waals surface area contributed by atoms with Crippen molar-refractivity contribution in [2.24, 2.45) is 5.92 Å². The van der Waals surface area contributed by atoms with Crippen LogP contribution in [0.2, 0.25) is 32.2 Å². The second-order valence-corrected chi connectivity index (χ2v) is 13.7. The van der Waals surface area contributed by atoms with Crippen LogP contribution < -0.4 is 5.32 Å². The lowest BCUT2D eigenvalue weighted by Crippen LogP contribution is -2.44. The average molecular weight is 292 g/mol. The van der Waals surface area contributed by atoms with Crippen molar-refractivity contribution in [3.05, 3.63) is 0 Å². The van der Waals surface area contributed by atoms with Crippen molar-refractivity contribution in [3.63, 3.8) is 0 Å². The summed E-state index contributed by atoms with van der Waals surface area (Å²) in [5.74, 6) is 0.227. The van der Waals surface area contributed by atoms with Gasteiger partial charge >= 0.3 is 8.56 Å². The molecular weight excluding hydrogens is 262 g/mol. The molecule has 4 nitrogen and oxygen atoms in total. The molecule has 18 heavy (non-hydrogen) atoms. The van der Waals surface area contributed by atoms with E-state index in [1.165, 1.54) is 0 Å². The van der Waals surface area contributed by atoms with Crippen molar-refractivity contribution in [2.45, 2.75) is 58.9 Å². The Hall–Kier alpha value is -0.176. The highest BCUT2D eigenvalue weighted by Gasteiger charge is 2.31. The SMILES string of the molecule is CCC(C)C(=O)NCCC[Si](C)(C)O[Si](C)(C)O. The number of amides is 1. The lowest BCUT2D eigenvalue weighted by Gasteiger charge is -2.29. The lowest BCUT2D eigenvalue weighted by atomic mass is 10.1. The van der Waals surface area contributed by atoms with E-state index in [1.54, 1.807) is 13.1 Å². The molecule has 0 aromatic rings. The number of hydrogen-bond acceptors (Lipinski definition) is 3. The number of rotatable bonds is 8. The van der Waals surface area contributed by atoms with Gasteiger partial charge in [0.2, 0.25) is 5.91 Å². The first-order valence-corrected chi connectivity index (χ1v) is 12.7. The van der Waals surface area contributed by atoms with Crippen LogP contribution in [0.4, 0.5) is 0 Å². The van der Waals surface area contributed by atoms with Crippen LogP contribution in [0.25, 0.3) is 0 Å². The van der Waals surface area contributed by atoms with E-state index in [0.717, 1.165) is 18.9 Å². The van der Waals surface area contributed by atoms with Crippen molar-refractivity contribution >= 4 is 22.8 Å². The fourth-order valence-electron chi connectivity index (χ4n) is 1.81. The van der Waals surface area contributed by atoms with Gasteiger partial charge in [-0.2, -0.15) is 0 Å². The number of nitrogens with one attached hydrogen (secondary N) is 1. The Morgan fingerprint density at radius 1 is 1.33 bits per heavy atom. The van der Waals surface area contributed by atoms with Gasteiger partial charge in [-0.05, 0) is 45.1 Å². The van der Waals surface area contributed by atoms with Crippen LogP contribution in [0.3, 0.4) is 0 Å². The molecule has 0 aliphatic carbocycles. The van der Waals surface area contributed by atoms with Gasteiger partial charge in [-0.3, -0.25) is 4.79 Å². The van der Waals surface area contributed by atoms with Gasteiger partial charge in [-0.15, -0.1) is 0 Å². The molecular formula is C12H29NO3Si2. The molecule has 6 heteroatoms. The lowest BCUT2D eigenvalue weighted by molar-refractivity contribution is -0.124. The number of hydrogen-bond donors (Lipinski definition) is 2. The van der Waals surface area contributed by atoms with E-state index in [0.29, 0.717) is 6.54 Å². The molecule has 1 amide bonds. The zero-order valence-corrected chi connectivity index (χ0v) is 14.7. The summed E-state index contributed by atoms with van der Waals surface area (Å²) in [5, 5.41) is 2.95. The minimum Gasteiger partial charge on any atom is -0.436 e. The summed E-state index contributed by atoms with van der Waals surface area (Å²) >= 11 is 0. The van der Waals surface area contributed by atoms with E-state index in [1.807, 2.05) is 13.8 Å². The highest BCUT2D eigenvalue weighted by atomic mass is 28.4. The van der Waals surface area contributed by atoms with Gasteiger partial charge in [0.25, 0.3) is 0 Å². The molecule has 0 heterocycles. The maximum absolute atomic E-state index is 11.6. The molecule has 0 aromatic heterocycles. The van der Waals surface area contributed by atoms with E-state index < -0.39 is 16.9 Å². The molecule has 0 spiro atoms. The van der Waals surface area contributed by atoms with Crippen LogP contribution in [-0.4, -0.2) is 34.1 Å². The van der Waals surface area contributed by atoms with Gasteiger partial charge in [-0.25, -0.2) is 0 Å². The Bertz CT molecular complexity index is 265. The van der Waals surface area contributed by atoms with Crippen molar-refractivity contribution in [1.82, 2.24) is 5.32 Å². The highest BCUT2D eigenvalue weighted by molar-refractivity contribution is 6.81. The summed E-state index contributed by atoms with van der Waals surface area (Å²) in [6.07, 6.45) is 1.80. The van der Waals surface area contributed by atoms with Crippen molar-refractivity contribution in [2.75, 3.05) is 6.54 Å². The summed E-state index contributed by atoms with van der Waals surface area (Å²) in [5.41, 5.74) is 0. The first-order chi connectivity index (χ1) is 8.07. The fraction of sp³-hybridized carbons (Fsp3) is 0.917. The standard InChI is InChI=1S/C12H29NO3Si2/c1-7-11(2)12(14)13-9-8-10-17(3,4)16-18(5,6)15/h11,15H,7-10H2,1-6H3,(H,13,14). The normalized spacial score (nSPS) is 14.4. The van der Waals surface area contributed by atoms with Gasteiger partial charge < -0.3 is 14.2 Å². The molecule has 0 rings (SSSR count). The van der Waals surface area contributed by atoms with E-state index in [9.17, 15) is 9.59 Å². The van der Waals surface area contributed by atoms with Crippen molar-refractivity contribution in [1.29, 1.82) is 0 Å². The zero-order chi connectivity index (χ0) is 14.4. The van der Waals surface area contributed by atoms with Crippen molar-refractivity contribution in [3.8, 4) is 0 Å². The summed E-state index contributed by atoms with van der Waals surface area (Å²) < 4.78 is 5.82. The largest absolute Gasteiger partial charge is 0.436 e. The monoisotopic (exact) mass is 291 g/mol. The Labute approximate surface area is 114 Å². The Kier molecular flexibility index (Phi) is 7.35. The number of carbonyl (C=O) groups is 1. The first-order valence-electron chi connectivity index (χ1n) is 6.77. The summed E-state index contributed by atoms with van der Waals surface area (Å²) in [6.45, 7) is 12.5. The molecule has 1 unspecified atom stereocenters. The van der Waals surface area contributed by atoms with Crippen LogP contribution in [0.5, 0.6) is 0 Å². The maximum Gasteiger partial charge on any atom is 0.318 e. The molecule has 0 aliphatic heterocycles. The smallest absolute Gasteiger partial charge is 0.318 e. The third-order valence-corrected chi connectivity index (χ3v) is 8.61. The zero-order valence-electron chi connectivity index (χ0n) is 12.7. The van der Waals surface area contributed by atoms with Gasteiger partial charge in [0.05, 0.1) is 0 Å². The van der Waals surface area contributed by atoms with Gasteiger partial charge in [0.1, 0.15) is 0 Å². The predicted octanol–water partition coefficient (Wildman–Crippen LogP) is 2.45. The van der Waals surface area contributed by atoms with Crippen LogP contribution in [0, 0.1) is 5.92 Å². The molecule has 0 aliphatic rings.